The van der Waals surface area contributed by atoms with Crippen molar-refractivity contribution < 1.29 is 17.6 Å². The van der Waals surface area contributed by atoms with E-state index in [0.29, 0.717) is 0 Å². The third kappa shape index (κ3) is 1.91. The number of hydrogen-bond acceptors (Lipinski definition) is 1. The summed E-state index contributed by atoms with van der Waals surface area (Å²) >= 11 is 0. The third-order valence-corrected chi connectivity index (χ3v) is 3.27. The van der Waals surface area contributed by atoms with Crippen LogP contribution >= 0.6 is 0 Å². The average Bonchev–Trinajstić information content (AvgIpc) is 2.65. The first-order valence-corrected chi connectivity index (χ1v) is 6.01. The topological polar surface area (TPSA) is 17.8 Å². The van der Waals surface area contributed by atoms with Crippen molar-refractivity contribution in [3.8, 4) is 0 Å². The quantitative estimate of drug-likeness (QED) is 0.760. The largest absolute Gasteiger partial charge is 0.292 e. The Kier molecular flexibility index (Phi) is 3.15. The lowest BCUT2D eigenvalue weighted by Gasteiger charge is -2.18. The summed E-state index contributed by atoms with van der Waals surface area (Å²) in [6.45, 7) is 5.30. The van der Waals surface area contributed by atoms with E-state index in [1.807, 2.05) is 13.8 Å². The maximum Gasteiger partial charge on any atom is 0.292 e. The van der Waals surface area contributed by atoms with Crippen molar-refractivity contribution in [1.29, 1.82) is 0 Å². The van der Waals surface area contributed by atoms with Crippen LogP contribution in [0.4, 0.5) is 17.6 Å². The minimum atomic E-state index is -3.07. The molecule has 0 aliphatic heterocycles. The van der Waals surface area contributed by atoms with E-state index in [9.17, 15) is 17.6 Å². The number of rotatable bonds is 3. The summed E-state index contributed by atoms with van der Waals surface area (Å²) in [4.78, 5) is 0. The van der Waals surface area contributed by atoms with E-state index in [4.69, 9.17) is 0 Å². The molecule has 1 aromatic rings. The van der Waals surface area contributed by atoms with Crippen molar-refractivity contribution in [3.05, 3.63) is 17.0 Å². The highest BCUT2D eigenvalue weighted by Gasteiger charge is 2.51. The van der Waals surface area contributed by atoms with Gasteiger partial charge in [-0.2, -0.15) is 13.9 Å². The van der Waals surface area contributed by atoms with Gasteiger partial charge in [0.25, 0.3) is 12.3 Å². The molecule has 2 nitrogen and oxygen atoms in total. The number of alkyl halides is 4. The summed E-state index contributed by atoms with van der Waals surface area (Å²) in [6.07, 6.45) is -2.83. The van der Waals surface area contributed by atoms with Crippen molar-refractivity contribution in [2.75, 3.05) is 0 Å². The lowest BCUT2D eigenvalue weighted by Crippen LogP contribution is -2.24. The Balaban J connectivity index is 2.54. The second-order valence-corrected chi connectivity index (χ2v) is 5.32. The fraction of sp³-hybridized carbons (Fsp3) is 0.750. The second-order valence-electron chi connectivity index (χ2n) is 5.32. The van der Waals surface area contributed by atoms with E-state index in [0.717, 1.165) is 4.68 Å². The number of aromatic nitrogens is 2. The predicted molar refractivity (Wildman–Crippen MR) is 58.8 cm³/mol. The van der Waals surface area contributed by atoms with Crippen LogP contribution in [0.25, 0.3) is 0 Å². The molecule has 0 fully saturated rings. The maximum atomic E-state index is 14.0. The summed E-state index contributed by atoms with van der Waals surface area (Å²) in [5, 5.41) is 3.69. The molecule has 2 rings (SSSR count). The van der Waals surface area contributed by atoms with Crippen LogP contribution in [0.3, 0.4) is 0 Å². The van der Waals surface area contributed by atoms with Gasteiger partial charge in [0, 0.05) is 18.0 Å². The molecule has 18 heavy (non-hydrogen) atoms. The first-order valence-electron chi connectivity index (χ1n) is 6.01. The third-order valence-electron chi connectivity index (χ3n) is 3.27. The highest BCUT2D eigenvalue weighted by Crippen LogP contribution is 2.48. The highest BCUT2D eigenvalue weighted by atomic mass is 19.3. The summed E-state index contributed by atoms with van der Waals surface area (Å²) in [5.41, 5.74) is -0.739. The van der Waals surface area contributed by atoms with Crippen LogP contribution in [0, 0.1) is 11.8 Å². The number of nitrogens with zero attached hydrogens (tertiary/aromatic N) is 2. The molecule has 1 heterocycles. The minimum Gasteiger partial charge on any atom is -0.262 e. The molecule has 0 aromatic carbocycles. The fourth-order valence-corrected chi connectivity index (χ4v) is 2.41. The zero-order valence-electron chi connectivity index (χ0n) is 10.6. The van der Waals surface area contributed by atoms with Crippen molar-refractivity contribution in [2.24, 2.45) is 11.8 Å². The Morgan fingerprint density at radius 3 is 2.50 bits per heavy atom. The van der Waals surface area contributed by atoms with Gasteiger partial charge >= 0.3 is 0 Å². The molecule has 1 unspecified atom stereocenters. The molecule has 1 aromatic heterocycles. The molecule has 0 radical (unpaired) electrons. The van der Waals surface area contributed by atoms with Crippen LogP contribution in [0.5, 0.6) is 0 Å². The van der Waals surface area contributed by atoms with Crippen LogP contribution in [0.1, 0.15) is 44.1 Å². The monoisotopic (exact) mass is 264 g/mol. The van der Waals surface area contributed by atoms with E-state index >= 15 is 0 Å². The summed E-state index contributed by atoms with van der Waals surface area (Å²) in [6, 6.07) is 0. The van der Waals surface area contributed by atoms with Gasteiger partial charge in [-0.05, 0) is 12.3 Å². The maximum absolute atomic E-state index is 14.0. The molecule has 102 valence electrons. The number of hydrogen-bond donors (Lipinski definition) is 0. The Hall–Kier alpha value is -1.07. The van der Waals surface area contributed by atoms with Gasteiger partial charge in [-0.3, -0.25) is 4.68 Å². The van der Waals surface area contributed by atoms with Crippen LogP contribution in [0.2, 0.25) is 0 Å². The standard InChI is InChI=1S/C12H16F4N2/c1-6(2)5-18-10-8(9(17-18)11(13)14)4-7(3)12(10,15)16/h6-7,11H,4-5H2,1-3H3. The molecular formula is C12H16F4N2. The van der Waals surface area contributed by atoms with Crippen molar-refractivity contribution in [1.82, 2.24) is 9.78 Å². The lowest BCUT2D eigenvalue weighted by atomic mass is 10.1. The van der Waals surface area contributed by atoms with Crippen LogP contribution in [-0.4, -0.2) is 9.78 Å². The summed E-state index contributed by atoms with van der Waals surface area (Å²) in [7, 11) is 0. The van der Waals surface area contributed by atoms with Crippen LogP contribution in [-0.2, 0) is 18.9 Å². The van der Waals surface area contributed by atoms with Crippen molar-refractivity contribution in [2.45, 2.75) is 46.1 Å². The van der Waals surface area contributed by atoms with E-state index in [1.165, 1.54) is 6.92 Å². The minimum absolute atomic E-state index is 0.0277. The van der Waals surface area contributed by atoms with E-state index in [1.54, 1.807) is 0 Å². The molecule has 1 atom stereocenters. The van der Waals surface area contributed by atoms with Crippen LogP contribution in [0.15, 0.2) is 0 Å². The zero-order chi connectivity index (χ0) is 13.7. The first-order chi connectivity index (χ1) is 8.25. The molecule has 0 N–H and O–H groups in total. The zero-order valence-corrected chi connectivity index (χ0v) is 10.6. The molecule has 0 saturated heterocycles. The molecule has 0 saturated carbocycles. The van der Waals surface area contributed by atoms with Gasteiger partial charge in [-0.15, -0.1) is 0 Å². The molecule has 6 heteroatoms. The molecule has 1 aliphatic rings. The van der Waals surface area contributed by atoms with Crippen molar-refractivity contribution in [3.63, 3.8) is 0 Å². The van der Waals surface area contributed by atoms with E-state index in [2.05, 4.69) is 5.10 Å². The first kappa shape index (κ1) is 13.4. The van der Waals surface area contributed by atoms with E-state index in [-0.39, 0.29) is 30.1 Å². The fourth-order valence-electron chi connectivity index (χ4n) is 2.41. The SMILES string of the molecule is CC(C)Cn1nc(C(F)F)c2c1C(F)(F)C(C)C2. The van der Waals surface area contributed by atoms with Gasteiger partial charge in [0.1, 0.15) is 11.4 Å². The Bertz CT molecular complexity index is 451. The molecule has 1 aliphatic carbocycles. The number of fused-ring (bicyclic) bond motifs is 1. The predicted octanol–water partition coefficient (Wildman–Crippen LogP) is 3.76. The van der Waals surface area contributed by atoms with E-state index < -0.39 is 24.0 Å². The van der Waals surface area contributed by atoms with Crippen LogP contribution < -0.4 is 0 Å². The highest BCUT2D eigenvalue weighted by molar-refractivity contribution is 5.36. The number of halogens is 4. The van der Waals surface area contributed by atoms with Gasteiger partial charge in [-0.1, -0.05) is 20.8 Å². The van der Waals surface area contributed by atoms with Gasteiger partial charge in [0.2, 0.25) is 0 Å². The van der Waals surface area contributed by atoms with Gasteiger partial charge < -0.3 is 0 Å². The Morgan fingerprint density at radius 1 is 1.39 bits per heavy atom. The summed E-state index contributed by atoms with van der Waals surface area (Å²) < 4.78 is 54.8. The smallest absolute Gasteiger partial charge is 0.262 e. The molecular weight excluding hydrogens is 248 g/mol. The normalized spacial score (nSPS) is 21.9. The molecule has 0 amide bonds. The van der Waals surface area contributed by atoms with Gasteiger partial charge in [0.05, 0.1) is 0 Å². The average molecular weight is 264 g/mol. The molecule has 0 bridgehead atoms. The Morgan fingerprint density at radius 2 is 2.00 bits per heavy atom. The van der Waals surface area contributed by atoms with Gasteiger partial charge in [0.15, 0.2) is 0 Å². The second kappa shape index (κ2) is 4.24. The lowest BCUT2D eigenvalue weighted by molar-refractivity contribution is -0.0534. The van der Waals surface area contributed by atoms with Gasteiger partial charge in [-0.25, -0.2) is 8.78 Å². The Labute approximate surface area is 103 Å². The molecule has 0 spiro atoms. The summed E-state index contributed by atoms with van der Waals surface area (Å²) in [5.74, 6) is -3.93. The van der Waals surface area contributed by atoms with Crippen molar-refractivity contribution >= 4 is 0 Å².